The number of hydrogen-bond acceptors (Lipinski definition) is 7. The highest BCUT2D eigenvalue weighted by Crippen LogP contribution is 2.16. The molecule has 2 amide bonds. The molecule has 1 heterocycles. The Balaban J connectivity index is 1.80. The van der Waals surface area contributed by atoms with Crippen molar-refractivity contribution in [3.05, 3.63) is 90.1 Å². The maximum absolute atomic E-state index is 13.4. The smallest absolute Gasteiger partial charge is 0.265 e. The van der Waals surface area contributed by atoms with Gasteiger partial charge < -0.3 is 15.1 Å². The standard InChI is InChI=1S/C28H33N3O6S/c1-20(2)30-25(32)17-23(19-38(35,36)18-22-11-7-4-8-12-22)27(34)31-24(26(33)28-29-15-16-37-28)14-13-21-9-5-3-6-10-21/h3-12,15-16,20,23-24H,13-14,17-19H2,1-2H3,(H,30,32)(H,31,34)/t23?,24-/m0/s1. The van der Waals surface area contributed by atoms with Gasteiger partial charge in [0, 0.05) is 12.5 Å². The van der Waals surface area contributed by atoms with Gasteiger partial charge in [0.1, 0.15) is 6.26 Å². The molecule has 0 saturated heterocycles. The lowest BCUT2D eigenvalue weighted by Crippen LogP contribution is -2.47. The van der Waals surface area contributed by atoms with Gasteiger partial charge in [-0.15, -0.1) is 0 Å². The van der Waals surface area contributed by atoms with Gasteiger partial charge in [-0.25, -0.2) is 13.4 Å². The van der Waals surface area contributed by atoms with E-state index in [1.807, 2.05) is 30.3 Å². The van der Waals surface area contributed by atoms with Gasteiger partial charge in [-0.05, 0) is 37.8 Å². The summed E-state index contributed by atoms with van der Waals surface area (Å²) < 4.78 is 31.2. The Morgan fingerprint density at radius 1 is 0.921 bits per heavy atom. The molecule has 0 aliphatic heterocycles. The Morgan fingerprint density at radius 3 is 2.13 bits per heavy atom. The molecule has 0 spiro atoms. The lowest BCUT2D eigenvalue weighted by molar-refractivity contribution is -0.130. The van der Waals surface area contributed by atoms with Crippen LogP contribution in [-0.2, 0) is 31.6 Å². The summed E-state index contributed by atoms with van der Waals surface area (Å²) in [4.78, 5) is 43.0. The van der Waals surface area contributed by atoms with Crippen molar-refractivity contribution in [2.24, 2.45) is 5.92 Å². The van der Waals surface area contributed by atoms with E-state index in [0.29, 0.717) is 12.0 Å². The molecule has 0 aliphatic rings. The van der Waals surface area contributed by atoms with E-state index in [-0.39, 0.29) is 30.5 Å². The number of amides is 2. The predicted octanol–water partition coefficient (Wildman–Crippen LogP) is 3.12. The second kappa shape index (κ2) is 13.7. The van der Waals surface area contributed by atoms with Crippen molar-refractivity contribution >= 4 is 27.4 Å². The van der Waals surface area contributed by atoms with Crippen LogP contribution in [0.4, 0.5) is 0 Å². The third-order valence-corrected chi connectivity index (χ3v) is 7.46. The molecule has 1 aromatic heterocycles. The van der Waals surface area contributed by atoms with Crippen LogP contribution in [-0.4, -0.2) is 48.8 Å². The number of ketones is 1. The van der Waals surface area contributed by atoms with E-state index < -0.39 is 45.1 Å². The van der Waals surface area contributed by atoms with Crippen LogP contribution < -0.4 is 10.6 Å². The number of benzene rings is 2. The summed E-state index contributed by atoms with van der Waals surface area (Å²) in [7, 11) is -3.76. The molecule has 3 aromatic rings. The average molecular weight is 540 g/mol. The van der Waals surface area contributed by atoms with E-state index >= 15 is 0 Å². The Labute approximate surface area is 223 Å². The first kappa shape index (κ1) is 28.8. The van der Waals surface area contributed by atoms with Gasteiger partial charge in [0.2, 0.25) is 17.6 Å². The van der Waals surface area contributed by atoms with Crippen LogP contribution in [0.15, 0.2) is 77.5 Å². The zero-order valence-corrected chi connectivity index (χ0v) is 22.3. The van der Waals surface area contributed by atoms with Crippen LogP contribution in [0.25, 0.3) is 0 Å². The molecule has 0 radical (unpaired) electrons. The molecular formula is C28H33N3O6S. The average Bonchev–Trinajstić information content (AvgIpc) is 3.41. The number of rotatable bonds is 14. The Kier molecular flexibility index (Phi) is 10.3. The third kappa shape index (κ3) is 9.26. The molecule has 0 aliphatic carbocycles. The molecule has 0 fully saturated rings. The number of aromatic nitrogens is 1. The van der Waals surface area contributed by atoms with Gasteiger partial charge in [0.05, 0.1) is 29.7 Å². The van der Waals surface area contributed by atoms with Gasteiger partial charge in [-0.1, -0.05) is 60.7 Å². The Morgan fingerprint density at radius 2 is 1.55 bits per heavy atom. The van der Waals surface area contributed by atoms with Crippen LogP contribution in [0.2, 0.25) is 0 Å². The first-order valence-corrected chi connectivity index (χ1v) is 14.3. The van der Waals surface area contributed by atoms with Gasteiger partial charge in [0.15, 0.2) is 9.84 Å². The van der Waals surface area contributed by atoms with Gasteiger partial charge in [-0.3, -0.25) is 14.4 Å². The normalized spacial score (nSPS) is 13.0. The molecule has 2 atom stereocenters. The quantitative estimate of drug-likeness (QED) is 0.301. The highest BCUT2D eigenvalue weighted by atomic mass is 32.2. The van der Waals surface area contributed by atoms with E-state index in [4.69, 9.17) is 4.42 Å². The SMILES string of the molecule is CC(C)NC(=O)CC(CS(=O)(=O)Cc1ccccc1)C(=O)N[C@@H](CCc1ccccc1)C(=O)c1ncco1. The summed E-state index contributed by atoms with van der Waals surface area (Å²) in [6, 6.07) is 16.9. The topological polar surface area (TPSA) is 135 Å². The number of nitrogens with one attached hydrogen (secondary N) is 2. The van der Waals surface area contributed by atoms with Crippen LogP contribution in [0.5, 0.6) is 0 Å². The fourth-order valence-electron chi connectivity index (χ4n) is 4.03. The number of sulfone groups is 1. The lowest BCUT2D eigenvalue weighted by atomic mass is 10.00. The number of nitrogens with zero attached hydrogens (tertiary/aromatic N) is 1. The van der Waals surface area contributed by atoms with E-state index in [1.54, 1.807) is 44.2 Å². The fourth-order valence-corrected chi connectivity index (χ4v) is 5.73. The largest absolute Gasteiger partial charge is 0.442 e. The third-order valence-electron chi connectivity index (χ3n) is 5.78. The summed E-state index contributed by atoms with van der Waals surface area (Å²) in [5.74, 6) is -3.84. The predicted molar refractivity (Wildman–Crippen MR) is 143 cm³/mol. The molecule has 3 rings (SSSR count). The van der Waals surface area contributed by atoms with E-state index in [2.05, 4.69) is 15.6 Å². The number of Topliss-reactive ketones (excluding diaryl/α,β-unsaturated/α-hetero) is 1. The van der Waals surface area contributed by atoms with Crippen LogP contribution in [0.3, 0.4) is 0 Å². The molecule has 0 bridgehead atoms. The monoisotopic (exact) mass is 539 g/mol. The Hall–Kier alpha value is -3.79. The maximum Gasteiger partial charge on any atom is 0.265 e. The van der Waals surface area contributed by atoms with Crippen molar-refractivity contribution in [3.8, 4) is 0 Å². The number of hydrogen-bond donors (Lipinski definition) is 2. The van der Waals surface area contributed by atoms with Crippen molar-refractivity contribution in [2.45, 2.75) is 50.9 Å². The van der Waals surface area contributed by atoms with Crippen molar-refractivity contribution in [1.82, 2.24) is 15.6 Å². The lowest BCUT2D eigenvalue weighted by Gasteiger charge is -2.22. The van der Waals surface area contributed by atoms with E-state index in [1.165, 1.54) is 12.5 Å². The summed E-state index contributed by atoms with van der Waals surface area (Å²) in [5, 5.41) is 5.39. The molecule has 2 N–H and O–H groups in total. The van der Waals surface area contributed by atoms with Crippen LogP contribution in [0.1, 0.15) is 48.5 Å². The molecule has 9 nitrogen and oxygen atoms in total. The summed E-state index contributed by atoms with van der Waals surface area (Å²) in [6.45, 7) is 3.54. The summed E-state index contributed by atoms with van der Waals surface area (Å²) >= 11 is 0. The van der Waals surface area contributed by atoms with Crippen LogP contribution in [0, 0.1) is 5.92 Å². The molecule has 2 aromatic carbocycles. The first-order valence-electron chi connectivity index (χ1n) is 12.4. The number of carbonyl (C=O) groups is 3. The number of oxazole rings is 1. The second-order valence-electron chi connectivity index (χ2n) is 9.45. The highest BCUT2D eigenvalue weighted by molar-refractivity contribution is 7.90. The van der Waals surface area contributed by atoms with Gasteiger partial charge >= 0.3 is 0 Å². The molecule has 0 saturated carbocycles. The first-order chi connectivity index (χ1) is 18.1. The van der Waals surface area contributed by atoms with Crippen molar-refractivity contribution in [2.75, 3.05) is 5.75 Å². The molecule has 10 heteroatoms. The van der Waals surface area contributed by atoms with Crippen LogP contribution >= 0.6 is 0 Å². The second-order valence-corrected chi connectivity index (χ2v) is 11.6. The zero-order chi connectivity index (χ0) is 27.5. The molecule has 1 unspecified atom stereocenters. The highest BCUT2D eigenvalue weighted by Gasteiger charge is 2.32. The van der Waals surface area contributed by atoms with Gasteiger partial charge in [-0.2, -0.15) is 0 Å². The molecule has 202 valence electrons. The van der Waals surface area contributed by atoms with E-state index in [0.717, 1.165) is 5.56 Å². The minimum atomic E-state index is -3.76. The zero-order valence-electron chi connectivity index (χ0n) is 21.5. The Bertz CT molecular complexity index is 1290. The summed E-state index contributed by atoms with van der Waals surface area (Å²) in [6.07, 6.45) is 2.97. The maximum atomic E-state index is 13.4. The minimum absolute atomic E-state index is 0.158. The minimum Gasteiger partial charge on any atom is -0.442 e. The van der Waals surface area contributed by atoms with Gasteiger partial charge in [0.25, 0.3) is 5.89 Å². The van der Waals surface area contributed by atoms with Crippen molar-refractivity contribution < 1.29 is 27.2 Å². The van der Waals surface area contributed by atoms with Crippen molar-refractivity contribution in [1.29, 1.82) is 0 Å². The molecular weight excluding hydrogens is 506 g/mol. The van der Waals surface area contributed by atoms with Crippen molar-refractivity contribution in [3.63, 3.8) is 0 Å². The van der Waals surface area contributed by atoms with E-state index in [9.17, 15) is 22.8 Å². The fraction of sp³-hybridized carbons (Fsp3) is 0.357. The number of carbonyl (C=O) groups excluding carboxylic acids is 3. The molecule has 38 heavy (non-hydrogen) atoms. The number of aryl methyl sites for hydroxylation is 1. The summed E-state index contributed by atoms with van der Waals surface area (Å²) in [5.41, 5.74) is 1.54.